The van der Waals surface area contributed by atoms with Crippen LogP contribution >= 0.6 is 0 Å². The fourth-order valence-corrected chi connectivity index (χ4v) is 2.12. The van der Waals surface area contributed by atoms with Crippen molar-refractivity contribution in [2.75, 3.05) is 7.11 Å². The standard InChI is InChI=1S/C16H13N3O3/c1-22-15-5-3-2-4-14(15)19-10-13(17-18-19)11-6-8-12(9-7-11)16(20)21/h2-10H,1H3,(H,20,21). The minimum absolute atomic E-state index is 0.237. The van der Waals surface area contributed by atoms with Crippen molar-refractivity contribution < 1.29 is 14.6 Å². The van der Waals surface area contributed by atoms with Gasteiger partial charge < -0.3 is 9.84 Å². The summed E-state index contributed by atoms with van der Waals surface area (Å²) >= 11 is 0. The third-order valence-electron chi connectivity index (χ3n) is 3.25. The van der Waals surface area contributed by atoms with E-state index in [1.165, 1.54) is 0 Å². The lowest BCUT2D eigenvalue weighted by molar-refractivity contribution is 0.0697. The molecule has 1 heterocycles. The molecule has 0 fully saturated rings. The molecule has 0 spiro atoms. The molecule has 2 aromatic carbocycles. The molecule has 3 rings (SSSR count). The number of hydrogen-bond donors (Lipinski definition) is 1. The van der Waals surface area contributed by atoms with Gasteiger partial charge in [-0.15, -0.1) is 5.10 Å². The normalized spacial score (nSPS) is 10.4. The molecule has 1 N–H and O–H groups in total. The Kier molecular flexibility index (Phi) is 3.57. The number of aromatic nitrogens is 3. The maximum Gasteiger partial charge on any atom is 0.335 e. The van der Waals surface area contributed by atoms with Crippen molar-refractivity contribution >= 4 is 5.97 Å². The van der Waals surface area contributed by atoms with Crippen molar-refractivity contribution in [2.24, 2.45) is 0 Å². The van der Waals surface area contributed by atoms with Gasteiger partial charge in [-0.2, -0.15) is 0 Å². The molecule has 0 aliphatic heterocycles. The molecule has 110 valence electrons. The quantitative estimate of drug-likeness (QED) is 0.800. The van der Waals surface area contributed by atoms with Crippen LogP contribution in [0.15, 0.2) is 54.7 Å². The monoisotopic (exact) mass is 295 g/mol. The maximum absolute atomic E-state index is 10.9. The van der Waals surface area contributed by atoms with Gasteiger partial charge in [-0.1, -0.05) is 29.5 Å². The summed E-state index contributed by atoms with van der Waals surface area (Å²) in [5.74, 6) is -0.260. The van der Waals surface area contributed by atoms with Gasteiger partial charge in [0.25, 0.3) is 0 Å². The Labute approximate surface area is 126 Å². The van der Waals surface area contributed by atoms with Crippen LogP contribution < -0.4 is 4.74 Å². The van der Waals surface area contributed by atoms with E-state index >= 15 is 0 Å². The molecule has 0 unspecified atom stereocenters. The first-order valence-electron chi connectivity index (χ1n) is 6.58. The molecule has 0 aliphatic carbocycles. The van der Waals surface area contributed by atoms with E-state index in [0.29, 0.717) is 11.4 Å². The van der Waals surface area contributed by atoms with Crippen LogP contribution in [0.4, 0.5) is 0 Å². The third kappa shape index (κ3) is 2.54. The predicted octanol–water partition coefficient (Wildman–Crippen LogP) is 2.64. The molecule has 0 amide bonds. The van der Waals surface area contributed by atoms with Gasteiger partial charge in [0.2, 0.25) is 0 Å². The number of benzene rings is 2. The Morgan fingerprint density at radius 3 is 2.55 bits per heavy atom. The number of carbonyl (C=O) groups is 1. The predicted molar refractivity (Wildman–Crippen MR) is 80.3 cm³/mol. The van der Waals surface area contributed by atoms with Gasteiger partial charge in [-0.25, -0.2) is 9.48 Å². The number of hydrogen-bond acceptors (Lipinski definition) is 4. The molecular formula is C16H13N3O3. The molecule has 3 aromatic rings. The highest BCUT2D eigenvalue weighted by Crippen LogP contribution is 2.23. The molecule has 6 heteroatoms. The number of carboxylic acids is 1. The number of aromatic carboxylic acids is 1. The number of methoxy groups -OCH3 is 1. The van der Waals surface area contributed by atoms with E-state index in [4.69, 9.17) is 9.84 Å². The van der Waals surface area contributed by atoms with Crippen LogP contribution in [0.2, 0.25) is 0 Å². The van der Waals surface area contributed by atoms with E-state index in [1.807, 2.05) is 24.3 Å². The van der Waals surface area contributed by atoms with Crippen molar-refractivity contribution in [3.05, 3.63) is 60.3 Å². The van der Waals surface area contributed by atoms with E-state index in [9.17, 15) is 4.79 Å². The molecule has 0 aliphatic rings. The second-order valence-corrected chi connectivity index (χ2v) is 4.60. The number of ether oxygens (including phenoxy) is 1. The molecule has 0 atom stereocenters. The van der Waals surface area contributed by atoms with Crippen molar-refractivity contribution in [1.82, 2.24) is 15.0 Å². The van der Waals surface area contributed by atoms with Crippen LogP contribution in [0.3, 0.4) is 0 Å². The number of nitrogens with zero attached hydrogens (tertiary/aromatic N) is 3. The highest BCUT2D eigenvalue weighted by molar-refractivity contribution is 5.88. The number of carboxylic acid groups (broad SMARTS) is 1. The molecule has 0 bridgehead atoms. The van der Waals surface area contributed by atoms with Crippen LogP contribution in [0.25, 0.3) is 16.9 Å². The maximum atomic E-state index is 10.9. The van der Waals surface area contributed by atoms with E-state index in [-0.39, 0.29) is 5.56 Å². The van der Waals surface area contributed by atoms with Gasteiger partial charge in [-0.05, 0) is 24.3 Å². The fourth-order valence-electron chi connectivity index (χ4n) is 2.12. The van der Waals surface area contributed by atoms with Crippen molar-refractivity contribution in [1.29, 1.82) is 0 Å². The van der Waals surface area contributed by atoms with Gasteiger partial charge in [-0.3, -0.25) is 0 Å². The minimum Gasteiger partial charge on any atom is -0.494 e. The van der Waals surface area contributed by atoms with Gasteiger partial charge in [0.05, 0.1) is 18.9 Å². The van der Waals surface area contributed by atoms with Crippen LogP contribution in [0, 0.1) is 0 Å². The summed E-state index contributed by atoms with van der Waals surface area (Å²) in [6.45, 7) is 0. The van der Waals surface area contributed by atoms with Crippen molar-refractivity contribution in [3.8, 4) is 22.7 Å². The van der Waals surface area contributed by atoms with Crippen LogP contribution in [-0.2, 0) is 0 Å². The minimum atomic E-state index is -0.954. The Hall–Kier alpha value is -3.15. The van der Waals surface area contributed by atoms with Gasteiger partial charge >= 0.3 is 5.97 Å². The lowest BCUT2D eigenvalue weighted by Gasteiger charge is -2.06. The summed E-state index contributed by atoms with van der Waals surface area (Å²) in [5.41, 5.74) is 2.47. The van der Waals surface area contributed by atoms with E-state index in [2.05, 4.69) is 10.3 Å². The zero-order valence-electron chi connectivity index (χ0n) is 11.8. The largest absolute Gasteiger partial charge is 0.494 e. The summed E-state index contributed by atoms with van der Waals surface area (Å²) in [7, 11) is 1.60. The molecule has 0 saturated heterocycles. The Bertz CT molecular complexity index is 810. The summed E-state index contributed by atoms with van der Waals surface area (Å²) in [5, 5.41) is 17.1. The zero-order chi connectivity index (χ0) is 15.5. The highest BCUT2D eigenvalue weighted by Gasteiger charge is 2.10. The van der Waals surface area contributed by atoms with E-state index in [1.54, 1.807) is 42.3 Å². The number of rotatable bonds is 4. The third-order valence-corrected chi connectivity index (χ3v) is 3.25. The van der Waals surface area contributed by atoms with Gasteiger partial charge in [0.1, 0.15) is 17.1 Å². The Morgan fingerprint density at radius 2 is 1.86 bits per heavy atom. The molecular weight excluding hydrogens is 282 g/mol. The summed E-state index contributed by atoms with van der Waals surface area (Å²) in [6.07, 6.45) is 1.77. The van der Waals surface area contributed by atoms with Gasteiger partial charge in [0.15, 0.2) is 0 Å². The fraction of sp³-hybridized carbons (Fsp3) is 0.0625. The second kappa shape index (κ2) is 5.69. The van der Waals surface area contributed by atoms with Gasteiger partial charge in [0, 0.05) is 5.56 Å². The molecule has 1 aromatic heterocycles. The van der Waals surface area contributed by atoms with E-state index < -0.39 is 5.97 Å². The average molecular weight is 295 g/mol. The summed E-state index contributed by atoms with van der Waals surface area (Å²) in [4.78, 5) is 10.9. The van der Waals surface area contributed by atoms with E-state index in [0.717, 1.165) is 11.3 Å². The smallest absolute Gasteiger partial charge is 0.335 e. The highest BCUT2D eigenvalue weighted by atomic mass is 16.5. The lowest BCUT2D eigenvalue weighted by Crippen LogP contribution is -1.98. The first-order chi connectivity index (χ1) is 10.7. The van der Waals surface area contributed by atoms with Crippen LogP contribution in [0.1, 0.15) is 10.4 Å². The van der Waals surface area contributed by atoms with Crippen molar-refractivity contribution in [3.63, 3.8) is 0 Å². The Morgan fingerprint density at radius 1 is 1.14 bits per heavy atom. The summed E-state index contributed by atoms with van der Waals surface area (Å²) in [6, 6.07) is 14.0. The SMILES string of the molecule is COc1ccccc1-n1cc(-c2ccc(C(=O)O)cc2)nn1. The molecule has 6 nitrogen and oxygen atoms in total. The van der Waals surface area contributed by atoms with Crippen molar-refractivity contribution in [2.45, 2.75) is 0 Å². The van der Waals surface area contributed by atoms with Crippen LogP contribution in [-0.4, -0.2) is 33.2 Å². The Balaban J connectivity index is 1.95. The average Bonchev–Trinajstić information content (AvgIpc) is 3.04. The second-order valence-electron chi connectivity index (χ2n) is 4.60. The molecule has 0 saturated carbocycles. The number of para-hydroxylation sites is 2. The molecule has 0 radical (unpaired) electrons. The molecule has 22 heavy (non-hydrogen) atoms. The zero-order valence-corrected chi connectivity index (χ0v) is 11.8. The lowest BCUT2D eigenvalue weighted by atomic mass is 10.1. The first-order valence-corrected chi connectivity index (χ1v) is 6.58. The van der Waals surface area contributed by atoms with Crippen LogP contribution in [0.5, 0.6) is 5.75 Å². The summed E-state index contributed by atoms with van der Waals surface area (Å²) < 4.78 is 6.93. The topological polar surface area (TPSA) is 77.2 Å². The first kappa shape index (κ1) is 13.8.